The van der Waals surface area contributed by atoms with E-state index in [1.807, 2.05) is 12.2 Å². The van der Waals surface area contributed by atoms with Gasteiger partial charge in [0.25, 0.3) is 0 Å². The summed E-state index contributed by atoms with van der Waals surface area (Å²) in [6.07, 6.45) is 33.3. The van der Waals surface area contributed by atoms with E-state index in [4.69, 9.17) is 9.47 Å². The molecule has 54 heavy (non-hydrogen) atoms. The minimum Gasteiger partial charge on any atom is -0.394 e. The molecule has 1 fully saturated rings. The van der Waals surface area contributed by atoms with E-state index in [1.165, 1.54) is 83.5 Å². The first-order valence-corrected chi connectivity index (χ1v) is 21.1. The molecule has 1 amide bonds. The van der Waals surface area contributed by atoms with Gasteiger partial charge in [-0.25, -0.2) is 0 Å². The largest absolute Gasteiger partial charge is 0.394 e. The van der Waals surface area contributed by atoms with E-state index in [1.54, 1.807) is 12.2 Å². The lowest BCUT2D eigenvalue weighted by Crippen LogP contribution is -2.60. The van der Waals surface area contributed by atoms with E-state index >= 15 is 0 Å². The first-order chi connectivity index (χ1) is 26.3. The Morgan fingerprint density at radius 3 is 1.72 bits per heavy atom. The number of hydrogen-bond donors (Lipinski definition) is 7. The molecule has 10 heteroatoms. The van der Waals surface area contributed by atoms with Gasteiger partial charge < -0.3 is 45.4 Å². The maximum atomic E-state index is 12.9. The number of allylic oxidation sites excluding steroid dienone is 8. The van der Waals surface area contributed by atoms with Gasteiger partial charge in [0.1, 0.15) is 30.5 Å². The average molecular weight is 764 g/mol. The van der Waals surface area contributed by atoms with Crippen LogP contribution in [0.5, 0.6) is 0 Å². The molecule has 10 nitrogen and oxygen atoms in total. The molecular weight excluding hydrogens is 686 g/mol. The molecule has 0 aromatic rings. The van der Waals surface area contributed by atoms with Gasteiger partial charge in [0.2, 0.25) is 5.91 Å². The van der Waals surface area contributed by atoms with Gasteiger partial charge in [-0.05, 0) is 57.8 Å². The third-order valence-corrected chi connectivity index (χ3v) is 9.66. The molecule has 0 aromatic carbocycles. The number of carbonyl (C=O) groups excluding carboxylic acids is 1. The summed E-state index contributed by atoms with van der Waals surface area (Å²) in [5.41, 5.74) is 0. The maximum Gasteiger partial charge on any atom is 0.249 e. The maximum absolute atomic E-state index is 12.9. The molecule has 0 saturated carbocycles. The second-order valence-corrected chi connectivity index (χ2v) is 14.6. The zero-order valence-corrected chi connectivity index (χ0v) is 33.6. The molecule has 0 spiro atoms. The van der Waals surface area contributed by atoms with Crippen LogP contribution >= 0.6 is 0 Å². The Bertz CT molecular complexity index is 1040. The minimum atomic E-state index is -1.63. The van der Waals surface area contributed by atoms with Crippen LogP contribution in [0.4, 0.5) is 0 Å². The number of hydrogen-bond acceptors (Lipinski definition) is 9. The highest BCUT2D eigenvalue weighted by Gasteiger charge is 2.44. The van der Waals surface area contributed by atoms with Crippen molar-refractivity contribution in [2.24, 2.45) is 0 Å². The number of nitrogens with one attached hydrogen (secondary N) is 1. The lowest BCUT2D eigenvalue weighted by atomic mass is 9.99. The van der Waals surface area contributed by atoms with Crippen LogP contribution in [-0.4, -0.2) is 98.7 Å². The minimum absolute atomic E-state index is 0.0879. The topological polar surface area (TPSA) is 169 Å². The third-order valence-electron chi connectivity index (χ3n) is 9.66. The number of carbonyl (C=O) groups is 1. The highest BCUT2D eigenvalue weighted by atomic mass is 16.7. The predicted molar refractivity (Wildman–Crippen MR) is 218 cm³/mol. The summed E-state index contributed by atoms with van der Waals surface area (Å²) in [4.78, 5) is 12.9. The first kappa shape index (κ1) is 49.9. The SMILES string of the molecule is CCCCCCCC/C=C\C/C=C\CC(O)C(=O)NC(COC1OC(CO)C(O)C(O)C1O)C(O)/C=C/CC/C=C/CC/C=C/CCCCCCCCC. The molecule has 7 N–H and O–H groups in total. The normalized spacial score (nSPS) is 22.7. The van der Waals surface area contributed by atoms with Crippen LogP contribution in [0.15, 0.2) is 60.8 Å². The zero-order chi connectivity index (χ0) is 39.7. The molecule has 0 bridgehead atoms. The van der Waals surface area contributed by atoms with Crippen LogP contribution in [0, 0.1) is 0 Å². The van der Waals surface area contributed by atoms with Gasteiger partial charge in [-0.3, -0.25) is 4.79 Å². The van der Waals surface area contributed by atoms with Crippen molar-refractivity contribution in [3.05, 3.63) is 60.8 Å². The lowest BCUT2D eigenvalue weighted by molar-refractivity contribution is -0.302. The van der Waals surface area contributed by atoms with Crippen molar-refractivity contribution in [3.63, 3.8) is 0 Å². The summed E-state index contributed by atoms with van der Waals surface area (Å²) in [6.45, 7) is 3.50. The van der Waals surface area contributed by atoms with Gasteiger partial charge in [-0.2, -0.15) is 0 Å². The molecule has 1 saturated heterocycles. The van der Waals surface area contributed by atoms with Gasteiger partial charge in [0, 0.05) is 6.42 Å². The molecule has 0 aliphatic carbocycles. The standard InChI is InChI=1S/C44H77NO9/c1-3-5-7-9-11-13-15-17-18-19-20-21-23-24-26-28-30-32-37(47)36(35-53-44-42(51)41(50)40(49)39(34-46)54-44)45-43(52)38(48)33-31-29-27-25-22-16-14-12-10-8-6-4-2/h18-19,22-25,29-32,36-42,44,46-51H,3-17,20-21,26-28,33-35H2,1-2H3,(H,45,52)/b19-18+,24-23+,25-22-,31-29-,32-30+. The summed E-state index contributed by atoms with van der Waals surface area (Å²) >= 11 is 0. The van der Waals surface area contributed by atoms with Gasteiger partial charge in [0.05, 0.1) is 25.4 Å². The highest BCUT2D eigenvalue weighted by Crippen LogP contribution is 2.22. The van der Waals surface area contributed by atoms with Crippen molar-refractivity contribution >= 4 is 5.91 Å². The van der Waals surface area contributed by atoms with Crippen molar-refractivity contribution in [3.8, 4) is 0 Å². The molecule has 0 radical (unpaired) electrons. The molecule has 1 rings (SSSR count). The van der Waals surface area contributed by atoms with Crippen LogP contribution in [0.25, 0.3) is 0 Å². The van der Waals surface area contributed by atoms with Crippen molar-refractivity contribution in [1.29, 1.82) is 0 Å². The van der Waals surface area contributed by atoms with Crippen molar-refractivity contribution < 1.29 is 44.9 Å². The molecule has 1 aliphatic heterocycles. The Kier molecular flexibility index (Phi) is 31.5. The third kappa shape index (κ3) is 24.4. The molecule has 8 atom stereocenters. The van der Waals surface area contributed by atoms with Crippen molar-refractivity contribution in [1.82, 2.24) is 5.32 Å². The summed E-state index contributed by atoms with van der Waals surface area (Å²) in [5.74, 6) is -0.701. The van der Waals surface area contributed by atoms with E-state index in [2.05, 4.69) is 55.6 Å². The Morgan fingerprint density at radius 2 is 1.15 bits per heavy atom. The van der Waals surface area contributed by atoms with Crippen LogP contribution in [0.3, 0.4) is 0 Å². The number of ether oxygens (including phenoxy) is 2. The van der Waals surface area contributed by atoms with Gasteiger partial charge in [0.15, 0.2) is 6.29 Å². The van der Waals surface area contributed by atoms with Crippen molar-refractivity contribution in [2.75, 3.05) is 13.2 Å². The van der Waals surface area contributed by atoms with E-state index in [-0.39, 0.29) is 13.0 Å². The van der Waals surface area contributed by atoms with E-state index < -0.39 is 61.5 Å². The highest BCUT2D eigenvalue weighted by molar-refractivity contribution is 5.81. The first-order valence-electron chi connectivity index (χ1n) is 21.1. The van der Waals surface area contributed by atoms with Crippen LogP contribution in [0.2, 0.25) is 0 Å². The van der Waals surface area contributed by atoms with Gasteiger partial charge in [-0.1, -0.05) is 145 Å². The molecule has 1 heterocycles. The summed E-state index contributed by atoms with van der Waals surface area (Å²) in [6, 6.07) is -1.03. The molecule has 0 aromatic heterocycles. The monoisotopic (exact) mass is 764 g/mol. The number of unbranched alkanes of at least 4 members (excludes halogenated alkanes) is 15. The fourth-order valence-electron chi connectivity index (χ4n) is 6.12. The number of rotatable bonds is 33. The second-order valence-electron chi connectivity index (χ2n) is 14.6. The Morgan fingerprint density at radius 1 is 0.648 bits per heavy atom. The zero-order valence-electron chi connectivity index (χ0n) is 33.6. The summed E-state index contributed by atoms with van der Waals surface area (Å²) in [7, 11) is 0. The van der Waals surface area contributed by atoms with E-state index in [0.717, 1.165) is 32.1 Å². The molecular formula is C44H77NO9. The molecule has 8 unspecified atom stereocenters. The quantitative estimate of drug-likeness (QED) is 0.0274. The lowest BCUT2D eigenvalue weighted by Gasteiger charge is -2.40. The molecule has 312 valence electrons. The number of aliphatic hydroxyl groups is 6. The van der Waals surface area contributed by atoms with Crippen LogP contribution < -0.4 is 5.32 Å². The smallest absolute Gasteiger partial charge is 0.249 e. The summed E-state index contributed by atoms with van der Waals surface area (Å²) in [5, 5.41) is 64.3. The summed E-state index contributed by atoms with van der Waals surface area (Å²) < 4.78 is 11.1. The van der Waals surface area contributed by atoms with Gasteiger partial charge in [-0.15, -0.1) is 0 Å². The van der Waals surface area contributed by atoms with Crippen molar-refractivity contribution in [2.45, 2.75) is 198 Å². The Hall–Kier alpha value is -2.15. The average Bonchev–Trinajstić information content (AvgIpc) is 3.17. The number of amides is 1. The van der Waals surface area contributed by atoms with Gasteiger partial charge >= 0.3 is 0 Å². The van der Waals surface area contributed by atoms with Crippen LogP contribution in [-0.2, 0) is 14.3 Å². The Balaban J connectivity index is 2.57. The Labute approximate surface area is 327 Å². The fraction of sp³-hybridized carbons (Fsp3) is 0.750. The molecule has 1 aliphatic rings. The van der Waals surface area contributed by atoms with Crippen LogP contribution in [0.1, 0.15) is 149 Å². The van der Waals surface area contributed by atoms with E-state index in [0.29, 0.717) is 12.8 Å². The van der Waals surface area contributed by atoms with E-state index in [9.17, 15) is 35.4 Å². The predicted octanol–water partition coefficient (Wildman–Crippen LogP) is 7.02. The second kappa shape index (κ2) is 34.1. The fourth-order valence-corrected chi connectivity index (χ4v) is 6.12. The number of aliphatic hydroxyl groups excluding tert-OH is 6.